The summed E-state index contributed by atoms with van der Waals surface area (Å²) in [6.07, 6.45) is 1.37. The van der Waals surface area contributed by atoms with E-state index in [9.17, 15) is 14.4 Å². The first-order valence-electron chi connectivity index (χ1n) is 7.30. The van der Waals surface area contributed by atoms with Crippen LogP contribution in [0.25, 0.3) is 0 Å². The monoisotopic (exact) mass is 299 g/mol. The fraction of sp³-hybridized carbons (Fsp3) is 0.786. The van der Waals surface area contributed by atoms with E-state index in [2.05, 4.69) is 10.6 Å². The molecule has 1 saturated heterocycles. The predicted molar refractivity (Wildman–Crippen MR) is 77.8 cm³/mol. The molecule has 7 heteroatoms. The van der Waals surface area contributed by atoms with E-state index >= 15 is 0 Å². The Hall–Kier alpha value is -1.79. The van der Waals surface area contributed by atoms with Gasteiger partial charge in [0.25, 0.3) is 0 Å². The van der Waals surface area contributed by atoms with E-state index in [1.54, 1.807) is 11.9 Å². The predicted octanol–water partition coefficient (Wildman–Crippen LogP) is 0.653. The van der Waals surface area contributed by atoms with Gasteiger partial charge in [0.1, 0.15) is 6.04 Å². The maximum atomic E-state index is 11.8. The van der Waals surface area contributed by atoms with E-state index < -0.39 is 18.0 Å². The first kappa shape index (κ1) is 17.3. The van der Waals surface area contributed by atoms with Crippen molar-refractivity contribution >= 4 is 17.9 Å². The number of likely N-dealkylation sites (N-methyl/N-ethyl adjacent to an activating group) is 1. The van der Waals surface area contributed by atoms with Crippen molar-refractivity contribution in [2.75, 3.05) is 20.1 Å². The summed E-state index contributed by atoms with van der Waals surface area (Å²) in [5.74, 6) is -0.690. The third-order valence-corrected chi connectivity index (χ3v) is 3.55. The molecule has 3 amide bonds. The van der Waals surface area contributed by atoms with Crippen LogP contribution in [0.1, 0.15) is 33.1 Å². The molecule has 0 bridgehead atoms. The van der Waals surface area contributed by atoms with Crippen LogP contribution in [0, 0.1) is 11.8 Å². The lowest BCUT2D eigenvalue weighted by Crippen LogP contribution is -2.46. The summed E-state index contributed by atoms with van der Waals surface area (Å²) in [7, 11) is 1.70. The smallest absolute Gasteiger partial charge is 0.315 e. The second-order valence-electron chi connectivity index (χ2n) is 6.05. The van der Waals surface area contributed by atoms with Crippen LogP contribution in [-0.4, -0.2) is 54.1 Å². The third-order valence-electron chi connectivity index (χ3n) is 3.55. The molecule has 1 heterocycles. The largest absolute Gasteiger partial charge is 0.481 e. The molecule has 7 nitrogen and oxygen atoms in total. The average molecular weight is 299 g/mol. The van der Waals surface area contributed by atoms with Gasteiger partial charge in [-0.05, 0) is 24.7 Å². The van der Waals surface area contributed by atoms with Crippen molar-refractivity contribution in [1.29, 1.82) is 0 Å². The summed E-state index contributed by atoms with van der Waals surface area (Å²) in [4.78, 5) is 35.9. The molecule has 0 saturated carbocycles. The molecular weight excluding hydrogens is 274 g/mol. The first-order chi connectivity index (χ1) is 9.79. The highest BCUT2D eigenvalue weighted by atomic mass is 16.4. The topological polar surface area (TPSA) is 98.7 Å². The van der Waals surface area contributed by atoms with E-state index in [0.717, 1.165) is 6.42 Å². The Balaban J connectivity index is 2.38. The summed E-state index contributed by atoms with van der Waals surface area (Å²) in [5.41, 5.74) is 0. The van der Waals surface area contributed by atoms with E-state index in [0.29, 0.717) is 25.4 Å². The zero-order valence-corrected chi connectivity index (χ0v) is 12.9. The number of nitrogens with one attached hydrogen (secondary N) is 2. The SMILES string of the molecule is CC(C)C[C@H](CNC(=O)NC1CCN(C)C1=O)CC(=O)O. The molecule has 120 valence electrons. The van der Waals surface area contributed by atoms with Crippen LogP contribution in [0.5, 0.6) is 0 Å². The molecule has 0 aromatic rings. The molecule has 1 aliphatic heterocycles. The van der Waals surface area contributed by atoms with Crippen LogP contribution in [0.4, 0.5) is 4.79 Å². The van der Waals surface area contributed by atoms with Gasteiger partial charge in [-0.2, -0.15) is 0 Å². The van der Waals surface area contributed by atoms with Gasteiger partial charge in [-0.15, -0.1) is 0 Å². The maximum Gasteiger partial charge on any atom is 0.315 e. The summed E-state index contributed by atoms with van der Waals surface area (Å²) in [6.45, 7) is 4.97. The molecule has 3 N–H and O–H groups in total. The second-order valence-corrected chi connectivity index (χ2v) is 6.05. The van der Waals surface area contributed by atoms with Crippen LogP contribution >= 0.6 is 0 Å². The summed E-state index contributed by atoms with van der Waals surface area (Å²) < 4.78 is 0. The number of urea groups is 1. The van der Waals surface area contributed by atoms with E-state index in [1.165, 1.54) is 0 Å². The lowest BCUT2D eigenvalue weighted by molar-refractivity contribution is -0.138. The van der Waals surface area contributed by atoms with Crippen molar-refractivity contribution in [2.24, 2.45) is 11.8 Å². The van der Waals surface area contributed by atoms with Gasteiger partial charge in [-0.25, -0.2) is 4.79 Å². The number of carboxylic acids is 1. The van der Waals surface area contributed by atoms with Gasteiger partial charge in [0.05, 0.1) is 0 Å². The number of aliphatic carboxylic acids is 1. The van der Waals surface area contributed by atoms with Crippen molar-refractivity contribution in [3.8, 4) is 0 Å². The lowest BCUT2D eigenvalue weighted by Gasteiger charge is -2.19. The minimum absolute atomic E-state index is 0.0313. The number of likely N-dealkylation sites (tertiary alicyclic amines) is 1. The van der Waals surface area contributed by atoms with Crippen molar-refractivity contribution in [3.63, 3.8) is 0 Å². The normalized spacial score (nSPS) is 19.7. The van der Waals surface area contributed by atoms with Crippen molar-refractivity contribution in [2.45, 2.75) is 39.2 Å². The Kier molecular flexibility index (Phi) is 6.45. The molecule has 21 heavy (non-hydrogen) atoms. The molecular formula is C14H25N3O4. The molecule has 0 aliphatic carbocycles. The van der Waals surface area contributed by atoms with Crippen molar-refractivity contribution in [1.82, 2.24) is 15.5 Å². The minimum atomic E-state index is -0.865. The van der Waals surface area contributed by atoms with E-state index in [4.69, 9.17) is 5.11 Å². The van der Waals surface area contributed by atoms with Crippen LogP contribution < -0.4 is 10.6 Å². The maximum absolute atomic E-state index is 11.8. The quantitative estimate of drug-likeness (QED) is 0.643. The highest BCUT2D eigenvalue weighted by molar-refractivity contribution is 5.88. The minimum Gasteiger partial charge on any atom is -0.481 e. The number of hydrogen-bond acceptors (Lipinski definition) is 3. The van der Waals surface area contributed by atoms with Crippen molar-refractivity contribution in [3.05, 3.63) is 0 Å². The standard InChI is InChI=1S/C14H25N3O4/c1-9(2)6-10(7-12(18)19)8-15-14(21)16-11-4-5-17(3)13(11)20/h9-11H,4-8H2,1-3H3,(H,18,19)(H2,15,16,21)/t10-,11?/m0/s1. The van der Waals surface area contributed by atoms with Crippen LogP contribution in [0.3, 0.4) is 0 Å². The van der Waals surface area contributed by atoms with Gasteiger partial charge in [0.2, 0.25) is 5.91 Å². The fourth-order valence-electron chi connectivity index (χ4n) is 2.56. The molecule has 2 atom stereocenters. The number of carboxylic acid groups (broad SMARTS) is 1. The zero-order chi connectivity index (χ0) is 16.0. The molecule has 1 fully saturated rings. The fourth-order valence-corrected chi connectivity index (χ4v) is 2.56. The van der Waals surface area contributed by atoms with Crippen LogP contribution in [0.2, 0.25) is 0 Å². The summed E-state index contributed by atoms with van der Waals surface area (Å²) in [6, 6.07) is -0.888. The first-order valence-corrected chi connectivity index (χ1v) is 7.30. The van der Waals surface area contributed by atoms with Gasteiger partial charge >= 0.3 is 12.0 Å². The molecule has 1 rings (SSSR count). The Bertz CT molecular complexity index is 398. The number of amides is 3. The number of rotatable bonds is 7. The Morgan fingerprint density at radius 2 is 2.10 bits per heavy atom. The van der Waals surface area contributed by atoms with Crippen molar-refractivity contribution < 1.29 is 19.5 Å². The Labute approximate surface area is 125 Å². The molecule has 1 unspecified atom stereocenters. The average Bonchev–Trinajstić information content (AvgIpc) is 2.66. The van der Waals surface area contributed by atoms with Gasteiger partial charge in [-0.3, -0.25) is 9.59 Å². The molecule has 0 spiro atoms. The summed E-state index contributed by atoms with van der Waals surface area (Å²) in [5, 5.41) is 14.2. The molecule has 0 aromatic carbocycles. The third kappa shape index (κ3) is 6.01. The highest BCUT2D eigenvalue weighted by Gasteiger charge is 2.30. The van der Waals surface area contributed by atoms with Crippen LogP contribution in [-0.2, 0) is 9.59 Å². The lowest BCUT2D eigenvalue weighted by atomic mass is 9.94. The van der Waals surface area contributed by atoms with Gasteiger partial charge in [0, 0.05) is 26.6 Å². The highest BCUT2D eigenvalue weighted by Crippen LogP contribution is 2.14. The Morgan fingerprint density at radius 1 is 1.43 bits per heavy atom. The second kappa shape index (κ2) is 7.85. The molecule has 0 aromatic heterocycles. The Morgan fingerprint density at radius 3 is 2.57 bits per heavy atom. The number of nitrogens with zero attached hydrogens (tertiary/aromatic N) is 1. The van der Waals surface area contributed by atoms with E-state index in [-0.39, 0.29) is 18.2 Å². The van der Waals surface area contributed by atoms with Gasteiger partial charge < -0.3 is 20.6 Å². The van der Waals surface area contributed by atoms with Crippen LogP contribution in [0.15, 0.2) is 0 Å². The van der Waals surface area contributed by atoms with Gasteiger partial charge in [-0.1, -0.05) is 13.8 Å². The summed E-state index contributed by atoms with van der Waals surface area (Å²) >= 11 is 0. The van der Waals surface area contributed by atoms with E-state index in [1.807, 2.05) is 13.8 Å². The number of carbonyl (C=O) groups excluding carboxylic acids is 2. The van der Waals surface area contributed by atoms with Gasteiger partial charge in [0.15, 0.2) is 0 Å². The number of carbonyl (C=O) groups is 3. The number of hydrogen-bond donors (Lipinski definition) is 3. The molecule has 1 aliphatic rings. The zero-order valence-electron chi connectivity index (χ0n) is 12.9. The molecule has 0 radical (unpaired) electrons.